The Morgan fingerprint density at radius 2 is 2.17 bits per heavy atom. The maximum Gasteiger partial charge on any atom is 0.250 e. The summed E-state index contributed by atoms with van der Waals surface area (Å²) in [5, 5.41) is 0. The predicted octanol–water partition coefficient (Wildman–Crippen LogP) is 2.17. The first-order valence-corrected chi connectivity index (χ1v) is 5.10. The number of hydrogen-bond donors (Lipinski definition) is 0. The average molecular weight is 277 g/mol. The van der Waals surface area contributed by atoms with Gasteiger partial charge in [-0.15, -0.1) is 0 Å². The Bertz CT molecular complexity index is 330. The molecule has 0 spiro atoms. The minimum atomic E-state index is 0.106. The quantitative estimate of drug-likeness (QED) is 0.759. The molecular weight excluding hydrogens is 265 g/mol. The fraction of sp³-hybridized carbons (Fsp3) is 0.444. The smallest absolute Gasteiger partial charge is 0.250 e. The third kappa shape index (κ3) is 1.88. The third-order valence-electron chi connectivity index (χ3n) is 1.84. The molecule has 1 aromatic heterocycles. The van der Waals surface area contributed by atoms with Crippen molar-refractivity contribution in [1.82, 2.24) is 4.57 Å². The summed E-state index contributed by atoms with van der Waals surface area (Å²) in [6.45, 7) is 4.88. The monoisotopic (exact) mass is 277 g/mol. The van der Waals surface area contributed by atoms with E-state index in [0.29, 0.717) is 0 Å². The first kappa shape index (κ1) is 9.77. The molecule has 0 aliphatic rings. The average Bonchev–Trinajstić information content (AvgIpc) is 2.06. The van der Waals surface area contributed by atoms with Crippen LogP contribution < -0.4 is 5.56 Å². The lowest BCUT2D eigenvalue weighted by Crippen LogP contribution is -2.21. The number of hydrogen-bond acceptors (Lipinski definition) is 1. The van der Waals surface area contributed by atoms with Gasteiger partial charge in [-0.05, 0) is 42.0 Å². The van der Waals surface area contributed by atoms with Crippen LogP contribution in [0, 0.1) is 10.5 Å². The van der Waals surface area contributed by atoms with Crippen LogP contribution in [-0.4, -0.2) is 4.57 Å². The maximum atomic E-state index is 11.3. The summed E-state index contributed by atoms with van der Waals surface area (Å²) < 4.78 is 2.97. The zero-order valence-electron chi connectivity index (χ0n) is 7.30. The molecule has 0 bridgehead atoms. The van der Waals surface area contributed by atoms with E-state index in [1.807, 2.05) is 17.6 Å². The van der Waals surface area contributed by atoms with E-state index in [1.54, 1.807) is 6.07 Å². The fourth-order valence-electron chi connectivity index (χ4n) is 1.15. The van der Waals surface area contributed by atoms with Gasteiger partial charge in [-0.25, -0.2) is 0 Å². The van der Waals surface area contributed by atoms with Gasteiger partial charge in [-0.1, -0.05) is 6.92 Å². The summed E-state index contributed by atoms with van der Waals surface area (Å²) in [5.74, 6) is 0. The lowest BCUT2D eigenvalue weighted by molar-refractivity contribution is 0.632. The Kier molecular flexibility index (Phi) is 3.31. The molecule has 0 N–H and O–H groups in total. The summed E-state index contributed by atoms with van der Waals surface area (Å²) in [6.07, 6.45) is 1.00. The Balaban J connectivity index is 3.23. The van der Waals surface area contributed by atoms with Gasteiger partial charge in [0.1, 0.15) is 0 Å². The normalized spacial score (nSPS) is 10.2. The van der Waals surface area contributed by atoms with E-state index in [9.17, 15) is 4.79 Å². The Labute approximate surface area is 85.7 Å². The molecule has 0 radical (unpaired) electrons. The molecule has 0 aliphatic heterocycles. The van der Waals surface area contributed by atoms with Crippen LogP contribution in [0.15, 0.2) is 16.9 Å². The number of aromatic nitrogens is 1. The number of nitrogens with zero attached hydrogens (tertiary/aromatic N) is 1. The van der Waals surface area contributed by atoms with Gasteiger partial charge in [-0.3, -0.25) is 4.79 Å². The van der Waals surface area contributed by atoms with Crippen LogP contribution in [0.1, 0.15) is 19.0 Å². The predicted molar refractivity (Wildman–Crippen MR) is 58.4 cm³/mol. The molecule has 0 amide bonds. The minimum absolute atomic E-state index is 0.106. The van der Waals surface area contributed by atoms with Crippen LogP contribution in [0.2, 0.25) is 0 Å². The van der Waals surface area contributed by atoms with Gasteiger partial charge in [0.2, 0.25) is 0 Å². The van der Waals surface area contributed by atoms with E-state index < -0.39 is 0 Å². The van der Waals surface area contributed by atoms with Crippen LogP contribution in [0.3, 0.4) is 0 Å². The molecule has 0 saturated carbocycles. The molecule has 12 heavy (non-hydrogen) atoms. The first-order valence-electron chi connectivity index (χ1n) is 4.02. The van der Waals surface area contributed by atoms with E-state index >= 15 is 0 Å². The van der Waals surface area contributed by atoms with E-state index in [-0.39, 0.29) is 5.56 Å². The van der Waals surface area contributed by atoms with Gasteiger partial charge in [0.15, 0.2) is 0 Å². The van der Waals surface area contributed by atoms with E-state index in [1.165, 1.54) is 0 Å². The molecule has 1 heterocycles. The van der Waals surface area contributed by atoms with E-state index in [0.717, 1.165) is 22.2 Å². The van der Waals surface area contributed by atoms with Crippen molar-refractivity contribution in [2.24, 2.45) is 0 Å². The topological polar surface area (TPSA) is 22.0 Å². The second-order valence-electron chi connectivity index (χ2n) is 2.76. The number of pyridine rings is 1. The van der Waals surface area contributed by atoms with Crippen molar-refractivity contribution >= 4 is 22.6 Å². The van der Waals surface area contributed by atoms with Gasteiger partial charge in [0, 0.05) is 21.9 Å². The summed E-state index contributed by atoms with van der Waals surface area (Å²) in [7, 11) is 0. The van der Waals surface area contributed by atoms with Gasteiger partial charge in [-0.2, -0.15) is 0 Å². The van der Waals surface area contributed by atoms with E-state index in [2.05, 4.69) is 29.5 Å². The van der Waals surface area contributed by atoms with Crippen molar-refractivity contribution in [3.63, 3.8) is 0 Å². The maximum absolute atomic E-state index is 11.3. The van der Waals surface area contributed by atoms with Gasteiger partial charge < -0.3 is 4.57 Å². The zero-order chi connectivity index (χ0) is 9.14. The number of rotatable bonds is 2. The van der Waals surface area contributed by atoms with Crippen LogP contribution in [0.25, 0.3) is 0 Å². The zero-order valence-corrected chi connectivity index (χ0v) is 9.46. The molecular formula is C9H12INO. The molecule has 2 nitrogen and oxygen atoms in total. The second-order valence-corrected chi connectivity index (χ2v) is 3.92. The van der Waals surface area contributed by atoms with Crippen molar-refractivity contribution in [1.29, 1.82) is 0 Å². The largest absolute Gasteiger partial charge is 0.312 e. The van der Waals surface area contributed by atoms with Gasteiger partial charge >= 0.3 is 0 Å². The number of halogens is 1. The molecule has 1 aromatic rings. The summed E-state index contributed by atoms with van der Waals surface area (Å²) >= 11 is 2.25. The standard InChI is InChI=1S/C9H12INO/c1-3-6-11-7(2)8(10)4-5-9(11)12/h4-5H,3,6H2,1-2H3. The SMILES string of the molecule is CCCn1c(C)c(I)ccc1=O. The summed E-state index contributed by atoms with van der Waals surface area (Å²) in [4.78, 5) is 11.3. The summed E-state index contributed by atoms with van der Waals surface area (Å²) in [5.41, 5.74) is 1.18. The first-order chi connectivity index (χ1) is 5.66. The highest BCUT2D eigenvalue weighted by Crippen LogP contribution is 2.07. The highest BCUT2D eigenvalue weighted by Gasteiger charge is 2.01. The highest BCUT2D eigenvalue weighted by molar-refractivity contribution is 14.1. The molecule has 0 atom stereocenters. The van der Waals surface area contributed by atoms with Crippen LogP contribution in [0.4, 0.5) is 0 Å². The molecule has 0 unspecified atom stereocenters. The highest BCUT2D eigenvalue weighted by atomic mass is 127. The van der Waals surface area contributed by atoms with Crippen molar-refractivity contribution in [2.45, 2.75) is 26.8 Å². The van der Waals surface area contributed by atoms with Crippen molar-refractivity contribution < 1.29 is 0 Å². The van der Waals surface area contributed by atoms with Crippen molar-refractivity contribution in [3.8, 4) is 0 Å². The molecule has 3 heteroatoms. The second kappa shape index (κ2) is 4.07. The van der Waals surface area contributed by atoms with Gasteiger partial charge in [0.05, 0.1) is 0 Å². The molecule has 0 fully saturated rings. The van der Waals surface area contributed by atoms with E-state index in [4.69, 9.17) is 0 Å². The van der Waals surface area contributed by atoms with Crippen LogP contribution in [-0.2, 0) is 6.54 Å². The Morgan fingerprint density at radius 3 is 2.75 bits per heavy atom. The van der Waals surface area contributed by atoms with Crippen molar-refractivity contribution in [3.05, 3.63) is 31.8 Å². The molecule has 0 aromatic carbocycles. The molecule has 0 saturated heterocycles. The minimum Gasteiger partial charge on any atom is -0.312 e. The van der Waals surface area contributed by atoms with Crippen LogP contribution >= 0.6 is 22.6 Å². The molecule has 0 aliphatic carbocycles. The lowest BCUT2D eigenvalue weighted by atomic mass is 10.3. The van der Waals surface area contributed by atoms with Crippen molar-refractivity contribution in [2.75, 3.05) is 0 Å². The van der Waals surface area contributed by atoms with Gasteiger partial charge in [0.25, 0.3) is 5.56 Å². The summed E-state index contributed by atoms with van der Waals surface area (Å²) in [6, 6.07) is 3.49. The third-order valence-corrected chi connectivity index (χ3v) is 2.98. The van der Waals surface area contributed by atoms with Crippen LogP contribution in [0.5, 0.6) is 0 Å². The molecule has 66 valence electrons. The molecule has 1 rings (SSSR count). The lowest BCUT2D eigenvalue weighted by Gasteiger charge is -2.08. The Morgan fingerprint density at radius 1 is 1.50 bits per heavy atom. The fourth-order valence-corrected chi connectivity index (χ4v) is 1.62. The Hall–Kier alpha value is -0.320.